The number of nitrogen functional groups attached to an aromatic ring is 1. The molecule has 10 heteroatoms. The third-order valence-corrected chi connectivity index (χ3v) is 5.35. The molecular formula is C19H14N6O3S. The molecule has 0 atom stereocenters. The highest BCUT2D eigenvalue weighted by molar-refractivity contribution is 7.15. The number of aryl methyl sites for hydroxylation is 1. The number of esters is 1. The smallest absolute Gasteiger partial charge is 0.357 e. The van der Waals surface area contributed by atoms with Crippen molar-refractivity contribution < 1.29 is 9.53 Å². The number of hydrogen-bond acceptors (Lipinski definition) is 8. The van der Waals surface area contributed by atoms with Crippen LogP contribution in [0.25, 0.3) is 21.9 Å². The lowest BCUT2D eigenvalue weighted by Gasteiger charge is -2.13. The molecule has 0 saturated carbocycles. The van der Waals surface area contributed by atoms with E-state index in [1.54, 1.807) is 28.8 Å². The molecule has 0 fully saturated rings. The van der Waals surface area contributed by atoms with Gasteiger partial charge >= 0.3 is 11.5 Å². The molecule has 2 N–H and O–H groups in total. The van der Waals surface area contributed by atoms with Gasteiger partial charge in [0.1, 0.15) is 6.07 Å². The fourth-order valence-electron chi connectivity index (χ4n) is 3.02. The Morgan fingerprint density at radius 1 is 1.34 bits per heavy atom. The summed E-state index contributed by atoms with van der Waals surface area (Å²) < 4.78 is 7.85. The molecular weight excluding hydrogens is 392 g/mol. The lowest BCUT2D eigenvalue weighted by molar-refractivity contribution is 0.0593. The Morgan fingerprint density at radius 2 is 2.10 bits per heavy atom. The summed E-state index contributed by atoms with van der Waals surface area (Å²) in [6.45, 7) is 1.86. The fraction of sp³-hybridized carbons (Fsp3) is 0.105. The molecule has 29 heavy (non-hydrogen) atoms. The van der Waals surface area contributed by atoms with Crippen LogP contribution in [0.3, 0.4) is 0 Å². The second-order valence-electron chi connectivity index (χ2n) is 6.13. The van der Waals surface area contributed by atoms with Crippen LogP contribution in [0.4, 0.5) is 5.69 Å². The molecule has 0 amide bonds. The maximum absolute atomic E-state index is 12.7. The first-order chi connectivity index (χ1) is 14.0. The predicted molar refractivity (Wildman–Crippen MR) is 107 cm³/mol. The van der Waals surface area contributed by atoms with E-state index in [4.69, 9.17) is 10.5 Å². The molecule has 4 rings (SSSR count). The largest absolute Gasteiger partial charge is 0.464 e. The first-order valence-corrected chi connectivity index (χ1v) is 9.28. The number of para-hydroxylation sites is 1. The molecule has 0 radical (unpaired) electrons. The maximum Gasteiger partial charge on any atom is 0.357 e. The molecule has 0 spiro atoms. The number of fused-ring (bicyclic) bond motifs is 1. The first-order valence-electron chi connectivity index (χ1n) is 8.40. The quantitative estimate of drug-likeness (QED) is 0.516. The van der Waals surface area contributed by atoms with Crippen LogP contribution in [-0.2, 0) is 4.74 Å². The molecule has 0 aliphatic rings. The van der Waals surface area contributed by atoms with Gasteiger partial charge in [0.15, 0.2) is 11.4 Å². The van der Waals surface area contributed by atoms with Crippen molar-refractivity contribution in [3.8, 4) is 23.0 Å². The summed E-state index contributed by atoms with van der Waals surface area (Å²) in [5, 5.41) is 15.7. The zero-order chi connectivity index (χ0) is 20.7. The number of aromatic nitrogens is 4. The van der Waals surface area contributed by atoms with E-state index in [1.165, 1.54) is 29.2 Å². The number of carbonyl (C=O) groups is 1. The van der Waals surface area contributed by atoms with Crippen molar-refractivity contribution in [2.75, 3.05) is 12.8 Å². The highest BCUT2D eigenvalue weighted by atomic mass is 32.1. The van der Waals surface area contributed by atoms with Gasteiger partial charge in [-0.1, -0.05) is 18.2 Å². The van der Waals surface area contributed by atoms with Gasteiger partial charge in [-0.3, -0.25) is 4.79 Å². The van der Waals surface area contributed by atoms with E-state index in [-0.39, 0.29) is 22.6 Å². The predicted octanol–water partition coefficient (Wildman–Crippen LogP) is 2.16. The number of anilines is 1. The Kier molecular flexibility index (Phi) is 4.37. The van der Waals surface area contributed by atoms with E-state index < -0.39 is 11.5 Å². The summed E-state index contributed by atoms with van der Waals surface area (Å²) in [6.07, 6.45) is 1.43. The molecule has 3 heterocycles. The molecule has 144 valence electrons. The summed E-state index contributed by atoms with van der Waals surface area (Å²) in [4.78, 5) is 29.6. The molecule has 0 saturated heterocycles. The minimum Gasteiger partial charge on any atom is -0.464 e. The number of benzene rings is 1. The van der Waals surface area contributed by atoms with Crippen LogP contribution in [0.15, 0.2) is 40.6 Å². The van der Waals surface area contributed by atoms with Crippen molar-refractivity contribution >= 4 is 28.0 Å². The van der Waals surface area contributed by atoms with Crippen LogP contribution >= 0.6 is 11.3 Å². The van der Waals surface area contributed by atoms with Gasteiger partial charge in [-0.05, 0) is 13.0 Å². The van der Waals surface area contributed by atoms with Crippen molar-refractivity contribution in [1.82, 2.24) is 19.2 Å². The van der Waals surface area contributed by atoms with Gasteiger partial charge in [-0.25, -0.2) is 9.31 Å². The average molecular weight is 406 g/mol. The van der Waals surface area contributed by atoms with Gasteiger partial charge in [0.25, 0.3) is 0 Å². The number of ether oxygens (including phenoxy) is 1. The molecule has 4 aromatic rings. The summed E-state index contributed by atoms with van der Waals surface area (Å²) in [5.74, 6) is -0.703. The van der Waals surface area contributed by atoms with E-state index in [2.05, 4.69) is 10.1 Å². The van der Waals surface area contributed by atoms with E-state index in [1.807, 2.05) is 18.4 Å². The monoisotopic (exact) mass is 406 g/mol. The minimum atomic E-state index is -0.703. The third-order valence-electron chi connectivity index (χ3n) is 4.41. The second kappa shape index (κ2) is 6.88. The molecule has 0 bridgehead atoms. The van der Waals surface area contributed by atoms with Crippen LogP contribution in [0.1, 0.15) is 21.7 Å². The first kappa shape index (κ1) is 18.4. The lowest BCUT2D eigenvalue weighted by atomic mass is 10.1. The highest BCUT2D eigenvalue weighted by Gasteiger charge is 2.24. The minimum absolute atomic E-state index is 0.00101. The highest BCUT2D eigenvalue weighted by Crippen LogP contribution is 2.30. The van der Waals surface area contributed by atoms with Crippen LogP contribution < -0.4 is 11.3 Å². The van der Waals surface area contributed by atoms with Crippen molar-refractivity contribution in [2.24, 2.45) is 0 Å². The van der Waals surface area contributed by atoms with Gasteiger partial charge in [0, 0.05) is 17.1 Å². The van der Waals surface area contributed by atoms with Gasteiger partial charge in [-0.15, -0.1) is 11.3 Å². The molecule has 1 aromatic carbocycles. The number of nitrogens with two attached hydrogens (primary N) is 1. The lowest BCUT2D eigenvalue weighted by Crippen LogP contribution is -2.17. The van der Waals surface area contributed by atoms with E-state index in [9.17, 15) is 14.9 Å². The number of nitriles is 1. The van der Waals surface area contributed by atoms with E-state index in [0.717, 1.165) is 5.69 Å². The van der Waals surface area contributed by atoms with Crippen molar-refractivity contribution in [1.29, 1.82) is 5.26 Å². The van der Waals surface area contributed by atoms with Crippen LogP contribution in [0, 0.1) is 18.3 Å². The Balaban J connectivity index is 2.03. The number of carbonyl (C=O) groups excluding carboxylic acids is 1. The Hall–Kier alpha value is -3.97. The van der Waals surface area contributed by atoms with Gasteiger partial charge < -0.3 is 15.0 Å². The Labute approximate surface area is 168 Å². The second-order valence-corrected chi connectivity index (χ2v) is 6.97. The Bertz CT molecular complexity index is 1380. The molecule has 0 aliphatic carbocycles. The van der Waals surface area contributed by atoms with Crippen LogP contribution in [0.5, 0.6) is 0 Å². The van der Waals surface area contributed by atoms with Gasteiger partial charge in [-0.2, -0.15) is 15.3 Å². The van der Waals surface area contributed by atoms with Gasteiger partial charge in [0.2, 0.25) is 4.96 Å². The normalized spacial score (nSPS) is 10.8. The molecule has 0 unspecified atom stereocenters. The van der Waals surface area contributed by atoms with Crippen molar-refractivity contribution in [3.05, 3.63) is 63.1 Å². The zero-order valence-electron chi connectivity index (χ0n) is 15.4. The summed E-state index contributed by atoms with van der Waals surface area (Å²) in [5.41, 5.74) is 7.44. The van der Waals surface area contributed by atoms with E-state index >= 15 is 0 Å². The maximum atomic E-state index is 12.7. The summed E-state index contributed by atoms with van der Waals surface area (Å²) >= 11 is 1.32. The number of hydrogen-bond donors (Lipinski definition) is 1. The standard InChI is InChI=1S/C19H14N6O3S/c1-10-9-29-19-22-17(26)15(23-25(10)19)12-5-3-4-6-13(12)24-8-11(7-20)14(21)16(24)18(27)28-2/h3-6,8-9H,21H2,1-2H3. The molecule has 3 aromatic heterocycles. The molecule has 9 nitrogen and oxygen atoms in total. The Morgan fingerprint density at radius 3 is 2.83 bits per heavy atom. The molecule has 0 aliphatic heterocycles. The van der Waals surface area contributed by atoms with Gasteiger partial charge in [0.05, 0.1) is 29.7 Å². The SMILES string of the molecule is COC(=O)c1c(N)c(C#N)cn1-c1ccccc1-c1nn2c(C)csc2nc1=O. The van der Waals surface area contributed by atoms with Crippen LogP contribution in [-0.4, -0.2) is 32.2 Å². The number of rotatable bonds is 3. The summed E-state index contributed by atoms with van der Waals surface area (Å²) in [7, 11) is 1.22. The van der Waals surface area contributed by atoms with Crippen molar-refractivity contribution in [2.45, 2.75) is 6.92 Å². The topological polar surface area (TPSA) is 128 Å². The third kappa shape index (κ3) is 2.84. The average Bonchev–Trinajstić information content (AvgIpc) is 3.26. The number of methoxy groups -OCH3 is 1. The number of nitrogens with zero attached hydrogens (tertiary/aromatic N) is 5. The van der Waals surface area contributed by atoms with E-state index in [0.29, 0.717) is 16.2 Å². The van der Waals surface area contributed by atoms with Crippen molar-refractivity contribution in [3.63, 3.8) is 0 Å². The number of thiazole rings is 1. The summed E-state index contributed by atoms with van der Waals surface area (Å²) in [6, 6.07) is 8.82. The zero-order valence-corrected chi connectivity index (χ0v) is 16.2. The van der Waals surface area contributed by atoms with Crippen LogP contribution in [0.2, 0.25) is 0 Å². The fourth-order valence-corrected chi connectivity index (χ4v) is 3.82.